The lowest BCUT2D eigenvalue weighted by atomic mass is 9.99. The molecule has 1 rings (SSSR count). The van der Waals surface area contributed by atoms with Crippen LogP contribution in [0.3, 0.4) is 0 Å². The van der Waals surface area contributed by atoms with Crippen LogP contribution >= 0.6 is 0 Å². The summed E-state index contributed by atoms with van der Waals surface area (Å²) in [5.41, 5.74) is 0. The molecule has 1 heterocycles. The lowest BCUT2D eigenvalue weighted by Gasteiger charge is -2.41. The van der Waals surface area contributed by atoms with Gasteiger partial charge in [0.25, 0.3) is 0 Å². The van der Waals surface area contributed by atoms with Crippen molar-refractivity contribution in [3.8, 4) is 0 Å². The average Bonchev–Trinajstić information content (AvgIpc) is 3.36. The molecule has 0 aromatic heterocycles. The number of nitrogens with one attached hydrogen (secondary N) is 1. The Balaban J connectivity index is 2.79. The van der Waals surface area contributed by atoms with Gasteiger partial charge in [0.1, 0.15) is 24.4 Å². The number of amides is 1. The van der Waals surface area contributed by atoms with Crippen LogP contribution in [0, 0.1) is 0 Å². The zero-order chi connectivity index (χ0) is 51.1. The topological polar surface area (TPSA) is 175 Å². The van der Waals surface area contributed by atoms with E-state index < -0.39 is 67.4 Å². The van der Waals surface area contributed by atoms with Gasteiger partial charge in [-0.3, -0.25) is 9.59 Å². The van der Waals surface area contributed by atoms with E-state index >= 15 is 0 Å². The lowest BCUT2D eigenvalue weighted by molar-refractivity contribution is -0.305. The van der Waals surface area contributed by atoms with Gasteiger partial charge in [0.05, 0.1) is 25.4 Å². The summed E-state index contributed by atoms with van der Waals surface area (Å²) in [6.07, 6.45) is 49.1. The van der Waals surface area contributed by atoms with Gasteiger partial charge in [-0.25, -0.2) is 0 Å². The van der Waals surface area contributed by atoms with E-state index in [1.807, 2.05) is 54.7 Å². The van der Waals surface area contributed by atoms with E-state index in [-0.39, 0.29) is 19.4 Å². The fourth-order valence-corrected chi connectivity index (χ4v) is 8.19. The van der Waals surface area contributed by atoms with Gasteiger partial charge >= 0.3 is 5.97 Å². The van der Waals surface area contributed by atoms with E-state index in [1.54, 1.807) is 6.08 Å². The summed E-state index contributed by atoms with van der Waals surface area (Å²) in [5.74, 6) is -1.25. The van der Waals surface area contributed by atoms with Crippen molar-refractivity contribution in [3.05, 3.63) is 85.1 Å². The molecule has 0 saturated carbocycles. The predicted octanol–water partition coefficient (Wildman–Crippen LogP) is 12.2. The number of carbonyl (C=O) groups is 2. The number of rotatable bonds is 45. The fourth-order valence-electron chi connectivity index (χ4n) is 8.19. The highest BCUT2D eigenvalue weighted by atomic mass is 16.7. The number of unbranched alkanes of at least 4 members (excludes halogenated alkanes) is 23. The molecule has 1 aliphatic heterocycles. The smallest absolute Gasteiger partial charge is 0.306 e. The van der Waals surface area contributed by atoms with E-state index in [9.17, 15) is 35.1 Å². The van der Waals surface area contributed by atoms with E-state index in [2.05, 4.69) is 50.4 Å². The van der Waals surface area contributed by atoms with E-state index in [0.29, 0.717) is 12.8 Å². The number of allylic oxidation sites excluding steroid dienone is 13. The zero-order valence-electron chi connectivity index (χ0n) is 44.1. The van der Waals surface area contributed by atoms with Crippen LogP contribution < -0.4 is 5.32 Å². The highest BCUT2D eigenvalue weighted by Gasteiger charge is 2.47. The third kappa shape index (κ3) is 35.0. The van der Waals surface area contributed by atoms with Gasteiger partial charge < -0.3 is 45.1 Å². The molecule has 8 unspecified atom stereocenters. The second-order valence-corrected chi connectivity index (χ2v) is 19.1. The third-order valence-electron chi connectivity index (χ3n) is 12.7. The average molecular weight is 984 g/mol. The molecule has 0 aromatic rings. The standard InChI is InChI=1S/C59H101NO10/c1-4-7-10-13-16-19-22-25-27-29-32-35-38-41-44-47-54(64)70-57-56(66)55(65)53(48-61)69-59(57)68-49-50(51(62)45-42-39-36-33-30-24-21-18-15-12-9-6-3)60-58(67)52(63)46-43-40-37-34-31-28-26-23-20-17-14-11-8-5-2/h7,10,13,16,19-20,22-23,25,27,29,32,42,45,50-53,55-57,59,61-63,65-66H,4-6,8-9,11-12,14-15,17-18,21,24,26,28,30-31,33-41,43-44,46-49H2,1-3H3,(H,60,67)/b10-7+,16-13+,22-19-,23-20-,27-25-,32-29+,45-42+. The summed E-state index contributed by atoms with van der Waals surface area (Å²) < 4.78 is 17.5. The highest BCUT2D eigenvalue weighted by Crippen LogP contribution is 2.26. The van der Waals surface area contributed by atoms with Crippen molar-refractivity contribution in [3.63, 3.8) is 0 Å². The fraction of sp³-hybridized carbons (Fsp3) is 0.729. The first-order valence-corrected chi connectivity index (χ1v) is 27.9. The summed E-state index contributed by atoms with van der Waals surface area (Å²) in [5, 5.41) is 56.7. The molecular formula is C59H101NO10. The Bertz CT molecular complexity index is 1460. The number of aliphatic hydroxyl groups is 5. The van der Waals surface area contributed by atoms with Crippen LogP contribution in [0.2, 0.25) is 0 Å². The molecule has 1 amide bonds. The van der Waals surface area contributed by atoms with Gasteiger partial charge in [0, 0.05) is 6.42 Å². The second kappa shape index (κ2) is 46.9. The van der Waals surface area contributed by atoms with Crippen LogP contribution in [0.4, 0.5) is 0 Å². The molecule has 0 radical (unpaired) electrons. The monoisotopic (exact) mass is 984 g/mol. The maximum absolute atomic E-state index is 13.4. The van der Waals surface area contributed by atoms with E-state index in [1.165, 1.54) is 83.5 Å². The molecule has 0 bridgehead atoms. The van der Waals surface area contributed by atoms with Gasteiger partial charge in [0.15, 0.2) is 12.4 Å². The van der Waals surface area contributed by atoms with Crippen LogP contribution in [-0.4, -0.2) is 99.6 Å². The minimum absolute atomic E-state index is 0.0703. The molecule has 1 saturated heterocycles. The summed E-state index contributed by atoms with van der Waals surface area (Å²) in [6, 6.07) is -1.04. The summed E-state index contributed by atoms with van der Waals surface area (Å²) in [7, 11) is 0. The number of esters is 1. The molecule has 1 fully saturated rings. The van der Waals surface area contributed by atoms with Crippen molar-refractivity contribution < 1.29 is 49.3 Å². The Hall–Kier alpha value is -3.16. The Morgan fingerprint density at radius 2 is 1.04 bits per heavy atom. The Kier molecular flexibility index (Phi) is 43.4. The SMILES string of the molecule is CC/C=C/C=C/C=C\C=C/C=C/CCCCCC(=O)OC1C(OCC(NC(=O)C(O)CCCCCCCC/C=C\CCCCCC)C(O)/C=C/CCCCCCCCCCCC)OC(CO)C(O)C1O. The van der Waals surface area contributed by atoms with E-state index in [0.717, 1.165) is 83.5 Å². The van der Waals surface area contributed by atoms with Gasteiger partial charge in [0.2, 0.25) is 5.91 Å². The highest BCUT2D eigenvalue weighted by molar-refractivity contribution is 5.80. The molecule has 70 heavy (non-hydrogen) atoms. The van der Waals surface area contributed by atoms with Crippen molar-refractivity contribution in [2.24, 2.45) is 0 Å². The molecular weight excluding hydrogens is 883 g/mol. The largest absolute Gasteiger partial charge is 0.454 e. The number of hydrogen-bond donors (Lipinski definition) is 6. The van der Waals surface area contributed by atoms with Crippen LogP contribution in [0.1, 0.15) is 213 Å². The number of ether oxygens (including phenoxy) is 3. The van der Waals surface area contributed by atoms with Crippen molar-refractivity contribution in [2.75, 3.05) is 13.2 Å². The maximum atomic E-state index is 13.4. The Labute approximate surface area is 425 Å². The van der Waals surface area contributed by atoms with Gasteiger partial charge in [-0.2, -0.15) is 0 Å². The maximum Gasteiger partial charge on any atom is 0.306 e. The minimum Gasteiger partial charge on any atom is -0.454 e. The summed E-state index contributed by atoms with van der Waals surface area (Å²) in [4.78, 5) is 26.4. The molecule has 6 N–H and O–H groups in total. The predicted molar refractivity (Wildman–Crippen MR) is 287 cm³/mol. The first-order valence-electron chi connectivity index (χ1n) is 27.9. The van der Waals surface area contributed by atoms with Crippen LogP contribution in [0.5, 0.6) is 0 Å². The van der Waals surface area contributed by atoms with E-state index in [4.69, 9.17) is 14.2 Å². The molecule has 11 nitrogen and oxygen atoms in total. The van der Waals surface area contributed by atoms with Crippen molar-refractivity contribution in [2.45, 2.75) is 262 Å². The molecule has 0 aromatic carbocycles. The number of aliphatic hydroxyl groups excluding tert-OH is 5. The number of hydrogen-bond acceptors (Lipinski definition) is 10. The quantitative estimate of drug-likeness (QED) is 0.0149. The Morgan fingerprint density at radius 3 is 1.60 bits per heavy atom. The molecule has 0 aliphatic carbocycles. The first kappa shape index (κ1) is 64.9. The Morgan fingerprint density at radius 1 is 0.571 bits per heavy atom. The van der Waals surface area contributed by atoms with Crippen molar-refractivity contribution in [1.29, 1.82) is 0 Å². The molecule has 0 spiro atoms. The molecule has 1 aliphatic rings. The minimum atomic E-state index is -1.63. The normalized spacial score (nSPS) is 20.4. The summed E-state index contributed by atoms with van der Waals surface area (Å²) >= 11 is 0. The molecule has 8 atom stereocenters. The van der Waals surface area contributed by atoms with Gasteiger partial charge in [-0.05, 0) is 70.6 Å². The van der Waals surface area contributed by atoms with Gasteiger partial charge in [-0.1, -0.05) is 221 Å². The lowest BCUT2D eigenvalue weighted by Crippen LogP contribution is -2.61. The second-order valence-electron chi connectivity index (χ2n) is 19.1. The number of carbonyl (C=O) groups excluding carboxylic acids is 2. The van der Waals surface area contributed by atoms with Gasteiger partial charge in [-0.15, -0.1) is 0 Å². The zero-order valence-corrected chi connectivity index (χ0v) is 44.1. The van der Waals surface area contributed by atoms with Crippen LogP contribution in [0.15, 0.2) is 85.1 Å². The molecule has 402 valence electrons. The third-order valence-corrected chi connectivity index (χ3v) is 12.7. The van der Waals surface area contributed by atoms with Crippen LogP contribution in [0.25, 0.3) is 0 Å². The van der Waals surface area contributed by atoms with Crippen molar-refractivity contribution >= 4 is 11.9 Å². The van der Waals surface area contributed by atoms with Crippen molar-refractivity contribution in [1.82, 2.24) is 5.32 Å². The van der Waals surface area contributed by atoms with Crippen LogP contribution in [-0.2, 0) is 23.8 Å². The summed E-state index contributed by atoms with van der Waals surface area (Å²) in [6.45, 7) is 5.58. The molecule has 11 heteroatoms. The first-order chi connectivity index (χ1) is 34.2.